The maximum Gasteiger partial charge on any atom is 0.271 e. The Morgan fingerprint density at radius 3 is 2.62 bits per heavy atom. The summed E-state index contributed by atoms with van der Waals surface area (Å²) in [6, 6.07) is 7.17. The van der Waals surface area contributed by atoms with E-state index in [9.17, 15) is 15.0 Å². The Labute approximate surface area is 121 Å². The van der Waals surface area contributed by atoms with E-state index in [2.05, 4.69) is 10.5 Å². The first-order valence-corrected chi connectivity index (χ1v) is 6.13. The van der Waals surface area contributed by atoms with Gasteiger partial charge in [0.25, 0.3) is 5.91 Å². The number of amides is 1. The first-order chi connectivity index (χ1) is 10.0. The van der Waals surface area contributed by atoms with Crippen LogP contribution >= 0.6 is 0 Å². The molecule has 0 aliphatic heterocycles. The summed E-state index contributed by atoms with van der Waals surface area (Å²) >= 11 is 0. The molecule has 1 aromatic carbocycles. The number of hydrogen-bond acceptors (Lipinski definition) is 5. The Balaban J connectivity index is 1.99. The van der Waals surface area contributed by atoms with Crippen LogP contribution in [0.4, 0.5) is 0 Å². The summed E-state index contributed by atoms with van der Waals surface area (Å²) in [5.41, 5.74) is 3.19. The number of phenols is 2. The molecule has 21 heavy (non-hydrogen) atoms. The summed E-state index contributed by atoms with van der Waals surface area (Å²) in [6.45, 7) is 1.80. The summed E-state index contributed by atoms with van der Waals surface area (Å²) in [7, 11) is 0. The van der Waals surface area contributed by atoms with E-state index in [1.165, 1.54) is 18.3 Å². The van der Waals surface area contributed by atoms with Crippen LogP contribution in [0.15, 0.2) is 51.7 Å². The van der Waals surface area contributed by atoms with Crippen LogP contribution in [0.2, 0.25) is 0 Å². The number of allylic oxidation sites excluding steroid dienone is 1. The molecule has 0 saturated heterocycles. The fourth-order valence-electron chi connectivity index (χ4n) is 1.62. The highest BCUT2D eigenvalue weighted by Crippen LogP contribution is 2.20. The molecule has 0 aliphatic carbocycles. The van der Waals surface area contributed by atoms with Crippen molar-refractivity contribution in [2.45, 2.75) is 6.92 Å². The lowest BCUT2D eigenvalue weighted by Crippen LogP contribution is -2.17. The van der Waals surface area contributed by atoms with Crippen LogP contribution in [0.25, 0.3) is 6.08 Å². The highest BCUT2D eigenvalue weighted by Gasteiger charge is 2.07. The van der Waals surface area contributed by atoms with Gasteiger partial charge in [-0.1, -0.05) is 0 Å². The van der Waals surface area contributed by atoms with Crippen LogP contribution in [0, 0.1) is 0 Å². The van der Waals surface area contributed by atoms with E-state index in [1.54, 1.807) is 31.4 Å². The van der Waals surface area contributed by atoms with Crippen LogP contribution in [0.1, 0.15) is 23.0 Å². The molecule has 0 bridgehead atoms. The van der Waals surface area contributed by atoms with Crippen molar-refractivity contribution >= 4 is 18.2 Å². The SMILES string of the molecule is CC(/C=N/NC(=O)c1cc(O)cc(O)c1)=C\c1ccco1. The summed E-state index contributed by atoms with van der Waals surface area (Å²) in [6.07, 6.45) is 4.78. The standard InChI is InChI=1S/C15H14N2O4/c1-10(5-14-3-2-4-21-14)9-16-17-15(20)11-6-12(18)8-13(19)7-11/h2-9,18-19H,1H3,(H,17,20)/b10-5+,16-9+. The van der Waals surface area contributed by atoms with Gasteiger partial charge in [0.05, 0.1) is 12.5 Å². The number of furan rings is 1. The van der Waals surface area contributed by atoms with Crippen LogP contribution in [-0.4, -0.2) is 22.3 Å². The van der Waals surface area contributed by atoms with E-state index in [-0.39, 0.29) is 17.1 Å². The average molecular weight is 286 g/mol. The van der Waals surface area contributed by atoms with Gasteiger partial charge in [0.2, 0.25) is 0 Å². The average Bonchev–Trinajstić information content (AvgIpc) is 2.90. The van der Waals surface area contributed by atoms with Gasteiger partial charge in [0.1, 0.15) is 17.3 Å². The monoisotopic (exact) mass is 286 g/mol. The zero-order chi connectivity index (χ0) is 15.2. The van der Waals surface area contributed by atoms with Crippen molar-refractivity contribution in [3.63, 3.8) is 0 Å². The summed E-state index contributed by atoms with van der Waals surface area (Å²) < 4.78 is 5.15. The van der Waals surface area contributed by atoms with Crippen molar-refractivity contribution in [1.29, 1.82) is 0 Å². The molecule has 1 heterocycles. The third-order valence-corrected chi connectivity index (χ3v) is 2.51. The normalized spacial score (nSPS) is 11.8. The molecule has 1 aromatic heterocycles. The van der Waals surface area contributed by atoms with Crippen LogP contribution < -0.4 is 5.43 Å². The minimum Gasteiger partial charge on any atom is -0.508 e. The lowest BCUT2D eigenvalue weighted by Gasteiger charge is -2.01. The van der Waals surface area contributed by atoms with Gasteiger partial charge in [0, 0.05) is 11.6 Å². The molecule has 0 spiro atoms. The lowest BCUT2D eigenvalue weighted by atomic mass is 10.2. The van der Waals surface area contributed by atoms with Gasteiger partial charge in [-0.25, -0.2) is 5.43 Å². The van der Waals surface area contributed by atoms with Gasteiger partial charge in [-0.15, -0.1) is 0 Å². The Morgan fingerprint density at radius 1 is 1.29 bits per heavy atom. The van der Waals surface area contributed by atoms with E-state index in [0.717, 1.165) is 11.6 Å². The third kappa shape index (κ3) is 4.24. The van der Waals surface area contributed by atoms with Crippen molar-refractivity contribution in [3.8, 4) is 11.5 Å². The van der Waals surface area contributed by atoms with Crippen molar-refractivity contribution in [2.24, 2.45) is 5.10 Å². The second kappa shape index (κ2) is 6.42. The molecular formula is C15H14N2O4. The second-order valence-corrected chi connectivity index (χ2v) is 4.34. The van der Waals surface area contributed by atoms with Gasteiger partial charge >= 0.3 is 0 Å². The van der Waals surface area contributed by atoms with E-state index in [1.807, 2.05) is 0 Å². The summed E-state index contributed by atoms with van der Waals surface area (Å²) in [5, 5.41) is 22.4. The predicted octanol–water partition coefficient (Wildman–Crippen LogP) is 2.51. The fourth-order valence-corrected chi connectivity index (χ4v) is 1.62. The molecule has 0 saturated carbocycles. The van der Waals surface area contributed by atoms with E-state index < -0.39 is 5.91 Å². The molecule has 0 fully saturated rings. The largest absolute Gasteiger partial charge is 0.508 e. The first-order valence-electron chi connectivity index (χ1n) is 6.13. The van der Waals surface area contributed by atoms with Crippen molar-refractivity contribution < 1.29 is 19.4 Å². The zero-order valence-electron chi connectivity index (χ0n) is 11.3. The van der Waals surface area contributed by atoms with E-state index in [4.69, 9.17) is 4.42 Å². The Hall–Kier alpha value is -3.02. The molecule has 2 rings (SSSR count). The predicted molar refractivity (Wildman–Crippen MR) is 78.1 cm³/mol. The Bertz CT molecular complexity index is 667. The molecule has 2 aromatic rings. The number of rotatable bonds is 4. The van der Waals surface area contributed by atoms with Crippen LogP contribution in [0.5, 0.6) is 11.5 Å². The number of carbonyl (C=O) groups is 1. The van der Waals surface area contributed by atoms with Crippen LogP contribution in [-0.2, 0) is 0 Å². The van der Waals surface area contributed by atoms with Crippen LogP contribution in [0.3, 0.4) is 0 Å². The molecule has 0 atom stereocenters. The summed E-state index contributed by atoms with van der Waals surface area (Å²) in [5.74, 6) is -0.248. The van der Waals surface area contributed by atoms with Crippen molar-refractivity contribution in [2.75, 3.05) is 0 Å². The molecule has 1 amide bonds. The van der Waals surface area contributed by atoms with Crippen molar-refractivity contribution in [1.82, 2.24) is 5.43 Å². The smallest absolute Gasteiger partial charge is 0.271 e. The van der Waals surface area contributed by atoms with Gasteiger partial charge < -0.3 is 14.6 Å². The number of phenolic OH excluding ortho intramolecular Hbond substituents is 2. The zero-order valence-corrected chi connectivity index (χ0v) is 11.3. The van der Waals surface area contributed by atoms with Gasteiger partial charge in [0.15, 0.2) is 0 Å². The molecule has 0 radical (unpaired) electrons. The topological polar surface area (TPSA) is 95.1 Å². The quantitative estimate of drug-likeness (QED) is 0.594. The number of nitrogens with zero attached hydrogens (tertiary/aromatic N) is 1. The molecule has 108 valence electrons. The number of aromatic hydroxyl groups is 2. The fraction of sp³-hybridized carbons (Fsp3) is 0.0667. The number of benzene rings is 1. The summed E-state index contributed by atoms with van der Waals surface area (Å²) in [4.78, 5) is 11.8. The minimum absolute atomic E-state index is 0.109. The lowest BCUT2D eigenvalue weighted by molar-refractivity contribution is 0.0954. The van der Waals surface area contributed by atoms with E-state index in [0.29, 0.717) is 5.76 Å². The molecule has 3 N–H and O–H groups in total. The maximum atomic E-state index is 11.8. The highest BCUT2D eigenvalue weighted by atomic mass is 16.3. The molecule has 0 aliphatic rings. The van der Waals surface area contributed by atoms with E-state index >= 15 is 0 Å². The third-order valence-electron chi connectivity index (χ3n) is 2.51. The second-order valence-electron chi connectivity index (χ2n) is 4.34. The molecule has 6 heteroatoms. The first kappa shape index (κ1) is 14.4. The van der Waals surface area contributed by atoms with Gasteiger partial charge in [-0.3, -0.25) is 4.79 Å². The molecule has 0 unspecified atom stereocenters. The molecule has 6 nitrogen and oxygen atoms in total. The maximum absolute atomic E-state index is 11.8. The molecular weight excluding hydrogens is 272 g/mol. The number of nitrogens with one attached hydrogen (secondary N) is 1. The number of carbonyl (C=O) groups excluding carboxylic acids is 1. The van der Waals surface area contributed by atoms with Gasteiger partial charge in [-0.2, -0.15) is 5.10 Å². The Kier molecular flexibility index (Phi) is 4.40. The number of hydrogen-bond donors (Lipinski definition) is 3. The van der Waals surface area contributed by atoms with Gasteiger partial charge in [-0.05, 0) is 42.8 Å². The van der Waals surface area contributed by atoms with Crippen molar-refractivity contribution in [3.05, 3.63) is 53.5 Å². The number of hydrazone groups is 1. The Morgan fingerprint density at radius 2 is 2.00 bits per heavy atom. The minimum atomic E-state index is -0.539. The highest BCUT2D eigenvalue weighted by molar-refractivity contribution is 5.95.